The van der Waals surface area contributed by atoms with E-state index in [9.17, 15) is 18.5 Å². The van der Waals surface area contributed by atoms with Crippen molar-refractivity contribution in [2.24, 2.45) is 0 Å². The number of benzene rings is 2. The van der Waals surface area contributed by atoms with Crippen molar-refractivity contribution >= 4 is 27.5 Å². The Morgan fingerprint density at radius 3 is 2.58 bits per heavy atom. The molecule has 0 radical (unpaired) electrons. The number of sulfonamides is 1. The van der Waals surface area contributed by atoms with Crippen molar-refractivity contribution in [2.75, 3.05) is 7.05 Å². The van der Waals surface area contributed by atoms with Crippen LogP contribution < -0.4 is 4.72 Å². The summed E-state index contributed by atoms with van der Waals surface area (Å²) in [6, 6.07) is 16.9. The SMILES string of the molecule is Cc1cccc(Cl)c1S(=O)(=O)NC(CCn1cccc1C#N)C(=O)N(C)Cc1ccc(-n2ccnc2)cc1. The minimum Gasteiger partial charge on any atom is -0.340 e. The number of hydrogen-bond donors (Lipinski definition) is 1. The third-order valence-corrected chi connectivity index (χ3v) is 8.27. The number of rotatable bonds is 10. The summed E-state index contributed by atoms with van der Waals surface area (Å²) < 4.78 is 32.9. The molecular weight excluding hydrogens is 524 g/mol. The van der Waals surface area contributed by atoms with Gasteiger partial charge < -0.3 is 14.0 Å². The minimum atomic E-state index is -4.12. The van der Waals surface area contributed by atoms with Crippen LogP contribution in [0, 0.1) is 18.3 Å². The lowest BCUT2D eigenvalue weighted by Crippen LogP contribution is -2.47. The molecule has 1 unspecified atom stereocenters. The molecule has 1 atom stereocenters. The highest BCUT2D eigenvalue weighted by atomic mass is 35.5. The molecule has 0 bridgehead atoms. The predicted molar refractivity (Wildman–Crippen MR) is 144 cm³/mol. The molecule has 1 N–H and O–H groups in total. The smallest absolute Gasteiger partial charge is 0.243 e. The molecule has 0 saturated carbocycles. The van der Waals surface area contributed by atoms with Gasteiger partial charge in [0.15, 0.2) is 0 Å². The van der Waals surface area contributed by atoms with Gasteiger partial charge in [0.25, 0.3) is 0 Å². The van der Waals surface area contributed by atoms with E-state index >= 15 is 0 Å². The van der Waals surface area contributed by atoms with E-state index in [4.69, 9.17) is 11.6 Å². The molecule has 11 heteroatoms. The Bertz CT molecular complexity index is 1540. The summed E-state index contributed by atoms with van der Waals surface area (Å²) >= 11 is 6.23. The topological polar surface area (TPSA) is 113 Å². The van der Waals surface area contributed by atoms with Crippen molar-refractivity contribution in [1.82, 2.24) is 23.7 Å². The van der Waals surface area contributed by atoms with Crippen molar-refractivity contribution in [3.63, 3.8) is 0 Å². The summed E-state index contributed by atoms with van der Waals surface area (Å²) in [6.07, 6.45) is 7.08. The molecular formula is C27H27ClN6O3S. The van der Waals surface area contributed by atoms with Crippen LogP contribution in [0.15, 0.2) is 84.4 Å². The second-order valence-electron chi connectivity index (χ2n) is 8.88. The number of aryl methyl sites for hydroxylation is 2. The molecule has 0 spiro atoms. The van der Waals surface area contributed by atoms with E-state index in [1.807, 2.05) is 35.0 Å². The van der Waals surface area contributed by atoms with Gasteiger partial charge in [-0.3, -0.25) is 4.79 Å². The molecule has 0 saturated heterocycles. The molecule has 4 rings (SSSR count). The van der Waals surface area contributed by atoms with Crippen molar-refractivity contribution < 1.29 is 13.2 Å². The number of carbonyl (C=O) groups excluding carboxylic acids is 1. The molecule has 0 aliphatic carbocycles. The number of halogens is 1. The van der Waals surface area contributed by atoms with Crippen LogP contribution in [0.2, 0.25) is 5.02 Å². The number of nitriles is 1. The van der Waals surface area contributed by atoms with Gasteiger partial charge in [0.2, 0.25) is 15.9 Å². The van der Waals surface area contributed by atoms with Crippen molar-refractivity contribution in [3.05, 3.63) is 101 Å². The largest absolute Gasteiger partial charge is 0.340 e. The quantitative estimate of drug-likeness (QED) is 0.322. The summed E-state index contributed by atoms with van der Waals surface area (Å²) in [7, 11) is -2.49. The average molecular weight is 551 g/mol. The Kier molecular flexibility index (Phi) is 8.32. The van der Waals surface area contributed by atoms with E-state index in [-0.39, 0.29) is 29.4 Å². The lowest BCUT2D eigenvalue weighted by atomic mass is 10.1. The summed E-state index contributed by atoms with van der Waals surface area (Å²) in [5, 5.41) is 9.41. The lowest BCUT2D eigenvalue weighted by Gasteiger charge is -2.25. The zero-order valence-corrected chi connectivity index (χ0v) is 22.5. The van der Waals surface area contributed by atoms with Gasteiger partial charge in [0, 0.05) is 44.4 Å². The Morgan fingerprint density at radius 2 is 1.92 bits per heavy atom. The molecule has 1 amide bonds. The molecule has 0 aliphatic rings. The molecule has 38 heavy (non-hydrogen) atoms. The number of nitrogens with zero attached hydrogens (tertiary/aromatic N) is 5. The van der Waals surface area contributed by atoms with Crippen LogP contribution in [0.25, 0.3) is 5.69 Å². The van der Waals surface area contributed by atoms with E-state index in [0.29, 0.717) is 11.3 Å². The molecule has 2 aromatic heterocycles. The molecule has 9 nitrogen and oxygen atoms in total. The highest BCUT2D eigenvalue weighted by Gasteiger charge is 2.30. The summed E-state index contributed by atoms with van der Waals surface area (Å²) in [4.78, 5) is 19.0. The number of carbonyl (C=O) groups is 1. The van der Waals surface area contributed by atoms with E-state index in [0.717, 1.165) is 11.3 Å². The third kappa shape index (κ3) is 6.14. The van der Waals surface area contributed by atoms with Crippen LogP contribution in [0.5, 0.6) is 0 Å². The summed E-state index contributed by atoms with van der Waals surface area (Å²) in [5.74, 6) is -0.400. The van der Waals surface area contributed by atoms with E-state index in [1.165, 1.54) is 11.0 Å². The minimum absolute atomic E-state index is 0.0594. The lowest BCUT2D eigenvalue weighted by molar-refractivity contribution is -0.132. The fourth-order valence-electron chi connectivity index (χ4n) is 4.22. The van der Waals surface area contributed by atoms with Crippen LogP contribution in [-0.4, -0.2) is 46.4 Å². The second-order valence-corrected chi connectivity index (χ2v) is 10.9. The number of aromatic nitrogens is 3. The highest BCUT2D eigenvalue weighted by molar-refractivity contribution is 7.89. The van der Waals surface area contributed by atoms with Gasteiger partial charge in [0.05, 0.1) is 11.3 Å². The molecule has 0 aliphatic heterocycles. The summed E-state index contributed by atoms with van der Waals surface area (Å²) in [5.41, 5.74) is 2.71. The molecule has 0 fully saturated rings. The van der Waals surface area contributed by atoms with Gasteiger partial charge in [-0.1, -0.05) is 35.9 Å². The molecule has 196 valence electrons. The Labute approximate surface area is 227 Å². The van der Waals surface area contributed by atoms with Crippen molar-refractivity contribution in [3.8, 4) is 11.8 Å². The van der Waals surface area contributed by atoms with Crippen LogP contribution in [0.3, 0.4) is 0 Å². The zero-order valence-electron chi connectivity index (χ0n) is 21.0. The zero-order chi connectivity index (χ0) is 27.3. The van der Waals surface area contributed by atoms with Crippen LogP contribution in [0.4, 0.5) is 0 Å². The Hall–Kier alpha value is -3.91. The van der Waals surface area contributed by atoms with Gasteiger partial charge >= 0.3 is 0 Å². The van der Waals surface area contributed by atoms with Gasteiger partial charge in [-0.2, -0.15) is 9.98 Å². The molecule has 2 aromatic carbocycles. The summed E-state index contributed by atoms with van der Waals surface area (Å²) in [6.45, 7) is 2.19. The van der Waals surface area contributed by atoms with Gasteiger partial charge in [-0.05, 0) is 54.8 Å². The maximum atomic E-state index is 13.6. The van der Waals surface area contributed by atoms with E-state index < -0.39 is 22.0 Å². The fourth-order valence-corrected chi connectivity index (χ4v) is 6.27. The van der Waals surface area contributed by atoms with Gasteiger partial charge in [-0.15, -0.1) is 0 Å². The Morgan fingerprint density at radius 1 is 1.16 bits per heavy atom. The Balaban J connectivity index is 1.55. The van der Waals surface area contributed by atoms with E-state index in [2.05, 4.69) is 15.8 Å². The van der Waals surface area contributed by atoms with Crippen LogP contribution in [0.1, 0.15) is 23.2 Å². The molecule has 4 aromatic rings. The van der Waals surface area contributed by atoms with Crippen LogP contribution >= 0.6 is 11.6 Å². The van der Waals surface area contributed by atoms with E-state index in [1.54, 1.807) is 61.5 Å². The van der Waals surface area contributed by atoms with Crippen molar-refractivity contribution in [1.29, 1.82) is 5.26 Å². The number of imidazole rings is 1. The first-order valence-electron chi connectivity index (χ1n) is 11.8. The van der Waals surface area contributed by atoms with Gasteiger partial charge in [0.1, 0.15) is 22.7 Å². The maximum absolute atomic E-state index is 13.6. The third-order valence-electron chi connectivity index (χ3n) is 6.17. The number of amides is 1. The maximum Gasteiger partial charge on any atom is 0.243 e. The van der Waals surface area contributed by atoms with Gasteiger partial charge in [-0.25, -0.2) is 13.4 Å². The predicted octanol–water partition coefficient (Wildman–Crippen LogP) is 3.90. The monoisotopic (exact) mass is 550 g/mol. The van der Waals surface area contributed by atoms with Crippen LogP contribution in [-0.2, 0) is 27.9 Å². The second kappa shape index (κ2) is 11.6. The van der Waals surface area contributed by atoms with Crippen molar-refractivity contribution in [2.45, 2.75) is 37.4 Å². The molecule has 2 heterocycles. The first kappa shape index (κ1) is 27.1. The first-order chi connectivity index (χ1) is 18.2. The number of nitrogens with one attached hydrogen (secondary N) is 1. The number of hydrogen-bond acceptors (Lipinski definition) is 5. The highest BCUT2D eigenvalue weighted by Crippen LogP contribution is 2.25. The standard InChI is InChI=1S/C27H27ClN6O3S/c1-20-5-3-7-24(28)26(20)38(36,37)31-25(12-15-33-14-4-6-23(33)17-29)27(35)32(2)18-21-8-10-22(11-9-21)34-16-13-30-19-34/h3-11,13-14,16,19,25,31H,12,15,18H2,1-2H3. The fraction of sp³-hybridized carbons (Fsp3) is 0.222. The first-order valence-corrected chi connectivity index (χ1v) is 13.7. The normalized spacial score (nSPS) is 12.2. The number of likely N-dealkylation sites (N-methyl/N-ethyl adjacent to an activating group) is 1. The average Bonchev–Trinajstić information content (AvgIpc) is 3.58.